The number of rotatable bonds is 5. The average molecular weight is 421 g/mol. The quantitative estimate of drug-likeness (QED) is 0.749. The lowest BCUT2D eigenvalue weighted by Gasteiger charge is -2.47. The second-order valence-electron chi connectivity index (χ2n) is 7.59. The summed E-state index contributed by atoms with van der Waals surface area (Å²) >= 11 is 0. The Balaban J connectivity index is 1.62. The van der Waals surface area contributed by atoms with Gasteiger partial charge in [-0.1, -0.05) is 19.1 Å². The van der Waals surface area contributed by atoms with Crippen LogP contribution in [0.4, 0.5) is 11.4 Å². The van der Waals surface area contributed by atoms with Crippen LogP contribution < -0.4 is 10.2 Å². The number of esters is 1. The summed E-state index contributed by atoms with van der Waals surface area (Å²) in [5.74, 6) is -1.44. The molecule has 0 radical (unpaired) electrons. The zero-order chi connectivity index (χ0) is 22.2. The molecule has 0 aromatic heterocycles. The van der Waals surface area contributed by atoms with E-state index in [0.717, 1.165) is 6.42 Å². The second kappa shape index (κ2) is 7.86. The molecule has 0 bridgehead atoms. The van der Waals surface area contributed by atoms with Crippen molar-refractivity contribution < 1.29 is 23.9 Å². The number of fused-ring (bicyclic) bond motifs is 3. The molecule has 0 spiro atoms. The van der Waals surface area contributed by atoms with Gasteiger partial charge in [-0.2, -0.15) is 0 Å². The Morgan fingerprint density at radius 2 is 1.81 bits per heavy atom. The monoisotopic (exact) mass is 421 g/mol. The van der Waals surface area contributed by atoms with Gasteiger partial charge in [0.05, 0.1) is 23.4 Å². The molecule has 1 atom stereocenters. The van der Waals surface area contributed by atoms with Crippen molar-refractivity contribution in [3.05, 3.63) is 59.7 Å². The standard InChI is InChI=1S/C23H23N3O5/c1-3-14-31-21(29)15-8-10-16(11-9-15)24-22(30)23-13-12-19(27)26(23)18-7-5-4-6-17(18)20(28)25(23)2/h4-11H,3,12-14H2,1-2H3,(H,24,30)/t23-/m1/s1. The molecule has 0 saturated carbocycles. The topological polar surface area (TPSA) is 96.0 Å². The maximum atomic E-state index is 13.5. The molecular weight excluding hydrogens is 398 g/mol. The number of likely N-dealkylation sites (N-methyl/N-ethyl adjacent to an activating group) is 1. The third kappa shape index (κ3) is 3.24. The number of carbonyl (C=O) groups excluding carboxylic acids is 4. The number of carbonyl (C=O) groups is 4. The molecule has 4 rings (SSSR count). The van der Waals surface area contributed by atoms with Crippen molar-refractivity contribution >= 4 is 35.1 Å². The molecule has 2 aliphatic rings. The highest BCUT2D eigenvalue weighted by atomic mass is 16.5. The molecule has 0 aliphatic carbocycles. The molecule has 1 saturated heterocycles. The van der Waals surface area contributed by atoms with Gasteiger partial charge in [-0.3, -0.25) is 19.3 Å². The fourth-order valence-electron chi connectivity index (χ4n) is 4.13. The van der Waals surface area contributed by atoms with Crippen LogP contribution in [0.25, 0.3) is 0 Å². The number of hydrogen-bond donors (Lipinski definition) is 1. The number of nitrogens with one attached hydrogen (secondary N) is 1. The number of anilines is 2. The van der Waals surface area contributed by atoms with Gasteiger partial charge in [0.25, 0.3) is 11.8 Å². The van der Waals surface area contributed by atoms with Crippen molar-refractivity contribution in [2.75, 3.05) is 23.9 Å². The zero-order valence-corrected chi connectivity index (χ0v) is 17.4. The summed E-state index contributed by atoms with van der Waals surface area (Å²) in [7, 11) is 1.54. The largest absolute Gasteiger partial charge is 0.462 e. The van der Waals surface area contributed by atoms with Gasteiger partial charge >= 0.3 is 5.97 Å². The lowest BCUT2D eigenvalue weighted by atomic mass is 9.96. The van der Waals surface area contributed by atoms with Crippen LogP contribution in [0.3, 0.4) is 0 Å². The maximum absolute atomic E-state index is 13.5. The van der Waals surface area contributed by atoms with E-state index in [2.05, 4.69) is 5.32 Å². The van der Waals surface area contributed by atoms with Gasteiger partial charge in [0.2, 0.25) is 11.6 Å². The average Bonchev–Trinajstić information content (AvgIpc) is 3.15. The van der Waals surface area contributed by atoms with Crippen LogP contribution in [0.2, 0.25) is 0 Å². The molecule has 1 N–H and O–H groups in total. The summed E-state index contributed by atoms with van der Waals surface area (Å²) in [6.45, 7) is 2.25. The van der Waals surface area contributed by atoms with Gasteiger partial charge in [-0.15, -0.1) is 0 Å². The summed E-state index contributed by atoms with van der Waals surface area (Å²) < 4.78 is 5.11. The third-order valence-corrected chi connectivity index (χ3v) is 5.72. The third-order valence-electron chi connectivity index (χ3n) is 5.72. The molecular formula is C23H23N3O5. The summed E-state index contributed by atoms with van der Waals surface area (Å²) in [4.78, 5) is 53.9. The van der Waals surface area contributed by atoms with Gasteiger partial charge in [-0.05, 0) is 42.8 Å². The van der Waals surface area contributed by atoms with Crippen LogP contribution in [0, 0.1) is 0 Å². The Bertz CT molecular complexity index is 1070. The first kappa shape index (κ1) is 20.6. The molecule has 1 fully saturated rings. The number of nitrogens with zero attached hydrogens (tertiary/aromatic N) is 2. The minimum absolute atomic E-state index is 0.154. The smallest absolute Gasteiger partial charge is 0.338 e. The van der Waals surface area contributed by atoms with Crippen molar-refractivity contribution in [2.24, 2.45) is 0 Å². The summed E-state index contributed by atoms with van der Waals surface area (Å²) in [5.41, 5.74) is 0.212. The van der Waals surface area contributed by atoms with Gasteiger partial charge in [0, 0.05) is 25.6 Å². The number of amides is 3. The minimum Gasteiger partial charge on any atom is -0.462 e. The Labute approximate surface area is 179 Å². The highest BCUT2D eigenvalue weighted by Crippen LogP contribution is 2.44. The van der Waals surface area contributed by atoms with E-state index in [1.165, 1.54) is 16.8 Å². The summed E-state index contributed by atoms with van der Waals surface area (Å²) in [5, 5.41) is 2.81. The first-order chi connectivity index (χ1) is 14.9. The molecule has 0 unspecified atom stereocenters. The van der Waals surface area contributed by atoms with Crippen LogP contribution >= 0.6 is 0 Å². The van der Waals surface area contributed by atoms with E-state index in [1.807, 2.05) is 6.92 Å². The van der Waals surface area contributed by atoms with E-state index in [1.54, 1.807) is 48.5 Å². The molecule has 2 aliphatic heterocycles. The van der Waals surface area contributed by atoms with Crippen LogP contribution in [-0.2, 0) is 14.3 Å². The molecule has 31 heavy (non-hydrogen) atoms. The summed E-state index contributed by atoms with van der Waals surface area (Å²) in [6, 6.07) is 13.1. The van der Waals surface area contributed by atoms with Gasteiger partial charge < -0.3 is 15.0 Å². The van der Waals surface area contributed by atoms with E-state index in [9.17, 15) is 19.2 Å². The number of ether oxygens (including phenoxy) is 1. The van der Waals surface area contributed by atoms with Crippen molar-refractivity contribution in [3.8, 4) is 0 Å². The SMILES string of the molecule is CCCOC(=O)c1ccc(NC(=O)[C@@]23CCC(=O)N2c2ccccc2C(=O)N3C)cc1. The van der Waals surface area contributed by atoms with Crippen LogP contribution in [0.1, 0.15) is 46.9 Å². The van der Waals surface area contributed by atoms with E-state index in [0.29, 0.717) is 29.1 Å². The summed E-state index contributed by atoms with van der Waals surface area (Å²) in [6.07, 6.45) is 1.07. The van der Waals surface area contributed by atoms with E-state index >= 15 is 0 Å². The fourth-order valence-corrected chi connectivity index (χ4v) is 4.13. The van der Waals surface area contributed by atoms with Crippen molar-refractivity contribution in [3.63, 3.8) is 0 Å². The fraction of sp³-hybridized carbons (Fsp3) is 0.304. The van der Waals surface area contributed by atoms with Crippen molar-refractivity contribution in [1.29, 1.82) is 0 Å². The highest BCUT2D eigenvalue weighted by Gasteiger charge is 2.59. The molecule has 2 aromatic rings. The predicted molar refractivity (Wildman–Crippen MR) is 114 cm³/mol. The van der Waals surface area contributed by atoms with Gasteiger partial charge in [0.15, 0.2) is 0 Å². The van der Waals surface area contributed by atoms with Gasteiger partial charge in [-0.25, -0.2) is 4.79 Å². The molecule has 8 heteroatoms. The molecule has 2 aromatic carbocycles. The van der Waals surface area contributed by atoms with Crippen molar-refractivity contribution in [2.45, 2.75) is 31.8 Å². The molecule has 2 heterocycles. The first-order valence-corrected chi connectivity index (χ1v) is 10.2. The Morgan fingerprint density at radius 1 is 1.10 bits per heavy atom. The van der Waals surface area contributed by atoms with Gasteiger partial charge in [0.1, 0.15) is 0 Å². The Hall–Kier alpha value is -3.68. The normalized spacial score (nSPS) is 19.7. The van der Waals surface area contributed by atoms with Crippen LogP contribution in [0.5, 0.6) is 0 Å². The minimum atomic E-state index is -1.44. The maximum Gasteiger partial charge on any atom is 0.338 e. The molecule has 160 valence electrons. The number of benzene rings is 2. The Kier molecular flexibility index (Phi) is 5.22. The van der Waals surface area contributed by atoms with Crippen LogP contribution in [0.15, 0.2) is 48.5 Å². The van der Waals surface area contributed by atoms with Crippen molar-refractivity contribution in [1.82, 2.24) is 4.90 Å². The van der Waals surface area contributed by atoms with E-state index in [4.69, 9.17) is 4.74 Å². The zero-order valence-electron chi connectivity index (χ0n) is 17.4. The highest BCUT2D eigenvalue weighted by molar-refractivity contribution is 6.18. The second-order valence-corrected chi connectivity index (χ2v) is 7.59. The van der Waals surface area contributed by atoms with E-state index < -0.39 is 17.5 Å². The number of para-hydroxylation sites is 1. The predicted octanol–water partition coefficient (Wildman–Crippen LogP) is 2.80. The lowest BCUT2D eigenvalue weighted by Crippen LogP contribution is -2.68. The lowest BCUT2D eigenvalue weighted by molar-refractivity contribution is -0.128. The van der Waals surface area contributed by atoms with E-state index in [-0.39, 0.29) is 24.7 Å². The number of hydrogen-bond acceptors (Lipinski definition) is 5. The first-order valence-electron chi connectivity index (χ1n) is 10.2. The molecule has 8 nitrogen and oxygen atoms in total. The Morgan fingerprint density at radius 3 is 2.52 bits per heavy atom. The van der Waals surface area contributed by atoms with Crippen LogP contribution in [-0.4, -0.2) is 47.9 Å². The molecule has 3 amide bonds.